The van der Waals surface area contributed by atoms with Crippen LogP contribution in [0.1, 0.15) is 12.0 Å². The van der Waals surface area contributed by atoms with Gasteiger partial charge in [0.05, 0.1) is 17.6 Å². The number of nitrogens with zero attached hydrogens (tertiary/aromatic N) is 1. The lowest BCUT2D eigenvalue weighted by Gasteiger charge is -2.15. The van der Waals surface area contributed by atoms with Crippen molar-refractivity contribution in [1.82, 2.24) is 0 Å². The van der Waals surface area contributed by atoms with E-state index in [4.69, 9.17) is 9.84 Å². The standard InChI is InChI=1S/C12H16N2O5/c1-7-2-3-8(4-9(7)14(17)18)13-12-5-10(16)11(6-15)19-12/h2-4,10-13,15-16H,5-6H2,1H3/t10-,11+,12-/m0/s1. The van der Waals surface area contributed by atoms with Crippen LogP contribution in [0.15, 0.2) is 18.2 Å². The summed E-state index contributed by atoms with van der Waals surface area (Å²) >= 11 is 0. The monoisotopic (exact) mass is 268 g/mol. The van der Waals surface area contributed by atoms with Crippen LogP contribution in [-0.4, -0.2) is 40.2 Å². The molecule has 0 aliphatic carbocycles. The Hall–Kier alpha value is -1.70. The van der Waals surface area contributed by atoms with Crippen LogP contribution >= 0.6 is 0 Å². The van der Waals surface area contributed by atoms with Gasteiger partial charge in [-0.1, -0.05) is 6.07 Å². The number of ether oxygens (including phenoxy) is 1. The molecule has 7 nitrogen and oxygen atoms in total. The SMILES string of the molecule is Cc1ccc(N[C@@H]2C[C@H](O)[C@@H](CO)O2)cc1[N+](=O)[O-]. The van der Waals surface area contributed by atoms with Gasteiger partial charge in [0, 0.05) is 23.7 Å². The Kier molecular flexibility index (Phi) is 3.98. The molecule has 0 amide bonds. The first kappa shape index (κ1) is 13.7. The second-order valence-corrected chi connectivity index (χ2v) is 4.55. The molecular weight excluding hydrogens is 252 g/mol. The zero-order valence-electron chi connectivity index (χ0n) is 10.4. The maximum atomic E-state index is 10.8. The van der Waals surface area contributed by atoms with Crippen molar-refractivity contribution in [2.24, 2.45) is 0 Å². The Morgan fingerprint density at radius 3 is 2.89 bits per heavy atom. The number of rotatable bonds is 4. The van der Waals surface area contributed by atoms with Gasteiger partial charge >= 0.3 is 0 Å². The lowest BCUT2D eigenvalue weighted by Crippen LogP contribution is -2.25. The van der Waals surface area contributed by atoms with Gasteiger partial charge in [0.25, 0.3) is 5.69 Å². The van der Waals surface area contributed by atoms with Crippen LogP contribution in [0.4, 0.5) is 11.4 Å². The summed E-state index contributed by atoms with van der Waals surface area (Å²) in [6.45, 7) is 1.41. The summed E-state index contributed by atoms with van der Waals surface area (Å²) in [5, 5.41) is 32.4. The molecule has 1 aromatic rings. The average Bonchev–Trinajstić information content (AvgIpc) is 2.71. The molecule has 3 atom stereocenters. The number of nitrogens with one attached hydrogen (secondary N) is 1. The molecule has 19 heavy (non-hydrogen) atoms. The number of anilines is 1. The third-order valence-electron chi connectivity index (χ3n) is 3.14. The van der Waals surface area contributed by atoms with E-state index in [1.807, 2.05) is 0 Å². The molecule has 3 N–H and O–H groups in total. The molecule has 2 rings (SSSR count). The Balaban J connectivity index is 2.08. The van der Waals surface area contributed by atoms with Crippen molar-refractivity contribution in [3.63, 3.8) is 0 Å². The summed E-state index contributed by atoms with van der Waals surface area (Å²) < 4.78 is 5.38. The molecule has 104 valence electrons. The van der Waals surface area contributed by atoms with Gasteiger partial charge in [-0.25, -0.2) is 0 Å². The molecular formula is C12H16N2O5. The van der Waals surface area contributed by atoms with E-state index in [2.05, 4.69) is 5.32 Å². The van der Waals surface area contributed by atoms with Crippen LogP contribution in [0.25, 0.3) is 0 Å². The summed E-state index contributed by atoms with van der Waals surface area (Å²) in [5.74, 6) is 0. The maximum Gasteiger partial charge on any atom is 0.274 e. The molecule has 0 bridgehead atoms. The van der Waals surface area contributed by atoms with E-state index in [9.17, 15) is 15.2 Å². The largest absolute Gasteiger partial charge is 0.394 e. The first-order chi connectivity index (χ1) is 9.01. The number of aliphatic hydroxyl groups is 2. The molecule has 0 radical (unpaired) electrons. The summed E-state index contributed by atoms with van der Waals surface area (Å²) in [5.41, 5.74) is 1.16. The number of hydrogen-bond acceptors (Lipinski definition) is 6. The predicted octanol–water partition coefficient (Wildman–Crippen LogP) is 0.783. The highest BCUT2D eigenvalue weighted by atomic mass is 16.6. The first-order valence-electron chi connectivity index (χ1n) is 5.97. The van der Waals surface area contributed by atoms with E-state index in [0.29, 0.717) is 17.7 Å². The number of nitro benzene ring substituents is 1. The molecule has 1 aromatic carbocycles. The summed E-state index contributed by atoms with van der Waals surface area (Å²) in [7, 11) is 0. The smallest absolute Gasteiger partial charge is 0.274 e. The summed E-state index contributed by atoms with van der Waals surface area (Å²) in [4.78, 5) is 10.4. The molecule has 1 heterocycles. The van der Waals surface area contributed by atoms with Crippen molar-refractivity contribution in [1.29, 1.82) is 0 Å². The lowest BCUT2D eigenvalue weighted by molar-refractivity contribution is -0.385. The van der Waals surface area contributed by atoms with Crippen molar-refractivity contribution in [2.75, 3.05) is 11.9 Å². The first-order valence-corrected chi connectivity index (χ1v) is 5.97. The van der Waals surface area contributed by atoms with E-state index in [-0.39, 0.29) is 12.3 Å². The Bertz CT molecular complexity index is 479. The van der Waals surface area contributed by atoms with Crippen LogP contribution < -0.4 is 5.32 Å². The van der Waals surface area contributed by atoms with Gasteiger partial charge in [0.1, 0.15) is 12.3 Å². The van der Waals surface area contributed by atoms with Gasteiger partial charge in [-0.05, 0) is 13.0 Å². The molecule has 0 unspecified atom stereocenters. The van der Waals surface area contributed by atoms with Gasteiger partial charge in [-0.3, -0.25) is 10.1 Å². The van der Waals surface area contributed by atoms with Gasteiger partial charge in [-0.15, -0.1) is 0 Å². The third-order valence-corrected chi connectivity index (χ3v) is 3.14. The minimum Gasteiger partial charge on any atom is -0.394 e. The van der Waals surface area contributed by atoms with Crippen LogP contribution in [-0.2, 0) is 4.74 Å². The van der Waals surface area contributed by atoms with E-state index >= 15 is 0 Å². The van der Waals surface area contributed by atoms with Crippen LogP contribution in [0.2, 0.25) is 0 Å². The number of aryl methyl sites for hydroxylation is 1. The number of benzene rings is 1. The van der Waals surface area contributed by atoms with Gasteiger partial charge in [-0.2, -0.15) is 0 Å². The molecule has 0 aromatic heterocycles. The number of aliphatic hydroxyl groups excluding tert-OH is 2. The van der Waals surface area contributed by atoms with Crippen LogP contribution in [0.5, 0.6) is 0 Å². The fourth-order valence-electron chi connectivity index (χ4n) is 2.07. The molecule has 1 aliphatic heterocycles. The zero-order chi connectivity index (χ0) is 14.0. The highest BCUT2D eigenvalue weighted by Crippen LogP contribution is 2.26. The highest BCUT2D eigenvalue weighted by Gasteiger charge is 2.33. The number of hydrogen-bond donors (Lipinski definition) is 3. The Morgan fingerprint density at radius 1 is 1.58 bits per heavy atom. The normalized spacial score (nSPS) is 26.4. The van der Waals surface area contributed by atoms with Gasteiger partial charge in [0.2, 0.25) is 0 Å². The Labute approximate surface area is 110 Å². The summed E-state index contributed by atoms with van der Waals surface area (Å²) in [6, 6.07) is 4.79. The average molecular weight is 268 g/mol. The zero-order valence-corrected chi connectivity index (χ0v) is 10.4. The molecule has 0 spiro atoms. The minimum atomic E-state index is -0.733. The van der Waals surface area contributed by atoms with Crippen molar-refractivity contribution >= 4 is 11.4 Å². The summed E-state index contributed by atoms with van der Waals surface area (Å²) in [6.07, 6.45) is -1.48. The topological polar surface area (TPSA) is 105 Å². The van der Waals surface area contributed by atoms with Crippen molar-refractivity contribution in [3.8, 4) is 0 Å². The third kappa shape index (κ3) is 3.01. The fourth-order valence-corrected chi connectivity index (χ4v) is 2.07. The van der Waals surface area contributed by atoms with E-state index in [0.717, 1.165) is 0 Å². The van der Waals surface area contributed by atoms with Gasteiger partial charge in [0.15, 0.2) is 0 Å². The molecule has 1 saturated heterocycles. The predicted molar refractivity (Wildman–Crippen MR) is 67.8 cm³/mol. The van der Waals surface area contributed by atoms with Crippen molar-refractivity contribution in [3.05, 3.63) is 33.9 Å². The molecule has 1 aliphatic rings. The number of nitro groups is 1. The maximum absolute atomic E-state index is 10.8. The fraction of sp³-hybridized carbons (Fsp3) is 0.500. The van der Waals surface area contributed by atoms with Crippen molar-refractivity contribution < 1.29 is 19.9 Å². The molecule has 0 saturated carbocycles. The quantitative estimate of drug-likeness (QED) is 0.550. The second kappa shape index (κ2) is 5.52. The van der Waals surface area contributed by atoms with Crippen molar-refractivity contribution in [2.45, 2.75) is 31.8 Å². The second-order valence-electron chi connectivity index (χ2n) is 4.55. The lowest BCUT2D eigenvalue weighted by atomic mass is 10.1. The highest BCUT2D eigenvalue weighted by molar-refractivity contribution is 5.55. The van der Waals surface area contributed by atoms with E-state index < -0.39 is 23.4 Å². The van der Waals surface area contributed by atoms with Gasteiger partial charge < -0.3 is 20.3 Å². The van der Waals surface area contributed by atoms with E-state index in [1.54, 1.807) is 19.1 Å². The minimum absolute atomic E-state index is 0.0299. The van der Waals surface area contributed by atoms with E-state index in [1.165, 1.54) is 6.07 Å². The van der Waals surface area contributed by atoms with Crippen LogP contribution in [0.3, 0.4) is 0 Å². The van der Waals surface area contributed by atoms with Crippen LogP contribution in [0, 0.1) is 17.0 Å². The molecule has 7 heteroatoms. The molecule has 1 fully saturated rings. The Morgan fingerprint density at radius 2 is 2.32 bits per heavy atom.